The zero-order chi connectivity index (χ0) is 44.7. The molecule has 0 radical (unpaired) electrons. The SMILES string of the molecule is [C-]#[N+]C([N+]#[C-])=C1Cc2c(-c3ccc(SC(F)(F)F)cc3)c3c(c(-c4ccc(SC(F)(F)F)cc4)c2=C1c1ccc(C)cc1)CC(=C(C#N)C#N)C=3c1ccc(OC(F)(F)F)cc1. The minimum absolute atomic E-state index is 0.0939. The van der Waals surface area contributed by atoms with Gasteiger partial charge in [-0.1, -0.05) is 66.2 Å². The summed E-state index contributed by atoms with van der Waals surface area (Å²) in [6, 6.07) is 26.5. The Kier molecular flexibility index (Phi) is 11.5. The Morgan fingerprint density at radius 3 is 1.35 bits per heavy atom. The van der Waals surface area contributed by atoms with Gasteiger partial charge in [0.05, 0.1) is 5.57 Å². The number of thioether (sulfide) groups is 2. The van der Waals surface area contributed by atoms with Crippen molar-refractivity contribution in [1.82, 2.24) is 0 Å². The number of nitriles is 2. The maximum atomic E-state index is 13.5. The van der Waals surface area contributed by atoms with Crippen molar-refractivity contribution in [3.8, 4) is 40.1 Å². The first-order chi connectivity index (χ1) is 29.3. The van der Waals surface area contributed by atoms with Crippen LogP contribution in [0.3, 0.4) is 0 Å². The molecule has 0 unspecified atom stereocenters. The third-order valence-corrected chi connectivity index (χ3v) is 11.5. The molecule has 0 heterocycles. The normalized spacial score (nSPS) is 13.5. The average Bonchev–Trinajstić information content (AvgIpc) is 3.77. The van der Waals surface area contributed by atoms with Gasteiger partial charge in [0.2, 0.25) is 0 Å². The summed E-state index contributed by atoms with van der Waals surface area (Å²) in [7, 11) is 0. The Balaban J connectivity index is 1.74. The first-order valence-electron chi connectivity index (χ1n) is 18.0. The highest BCUT2D eigenvalue weighted by molar-refractivity contribution is 8.00. The lowest BCUT2D eigenvalue weighted by Crippen LogP contribution is -2.25. The minimum Gasteiger partial charge on any atom is -0.406 e. The van der Waals surface area contributed by atoms with Gasteiger partial charge in [0.1, 0.15) is 36.6 Å². The van der Waals surface area contributed by atoms with Crippen LogP contribution in [0.5, 0.6) is 5.75 Å². The minimum atomic E-state index is -5.03. The van der Waals surface area contributed by atoms with Crippen LogP contribution < -0.4 is 15.2 Å². The highest BCUT2D eigenvalue weighted by atomic mass is 32.2. The Morgan fingerprint density at radius 2 is 0.968 bits per heavy atom. The van der Waals surface area contributed by atoms with Crippen LogP contribution in [0.25, 0.3) is 43.1 Å². The van der Waals surface area contributed by atoms with Crippen LogP contribution in [0.4, 0.5) is 39.5 Å². The monoisotopic (exact) mass is 882 g/mol. The number of nitrogens with zero attached hydrogens (tertiary/aromatic N) is 4. The van der Waals surface area contributed by atoms with Crippen LogP contribution >= 0.6 is 23.5 Å². The van der Waals surface area contributed by atoms with E-state index < -0.39 is 23.1 Å². The number of halogens is 9. The number of benzene rings is 5. The quantitative estimate of drug-likeness (QED) is 0.0705. The predicted molar refractivity (Wildman–Crippen MR) is 216 cm³/mol. The second kappa shape index (κ2) is 16.5. The van der Waals surface area contributed by atoms with Crippen LogP contribution in [0, 0.1) is 42.7 Å². The van der Waals surface area contributed by atoms with Crippen molar-refractivity contribution in [3.05, 3.63) is 181 Å². The molecule has 5 aromatic carbocycles. The molecule has 2 aliphatic rings. The van der Waals surface area contributed by atoms with E-state index in [1.54, 1.807) is 12.1 Å². The molecule has 0 aromatic heterocycles. The van der Waals surface area contributed by atoms with Crippen molar-refractivity contribution in [3.63, 3.8) is 0 Å². The predicted octanol–water partition coefficient (Wildman–Crippen LogP) is 12.4. The topological polar surface area (TPSA) is 65.5 Å². The Bertz CT molecular complexity index is 2980. The van der Waals surface area contributed by atoms with Crippen molar-refractivity contribution in [2.24, 2.45) is 0 Å². The summed E-state index contributed by atoms with van der Waals surface area (Å²) >= 11 is -0.680. The summed E-state index contributed by atoms with van der Waals surface area (Å²) < 4.78 is 125. The first-order valence-corrected chi connectivity index (χ1v) is 19.6. The zero-order valence-corrected chi connectivity index (χ0v) is 33.2. The molecule has 0 fully saturated rings. The molecule has 16 heteroatoms. The van der Waals surface area contributed by atoms with Gasteiger partial charge in [-0.2, -0.15) is 46.6 Å². The number of ether oxygens (including phenoxy) is 1. The molecule has 0 amide bonds. The van der Waals surface area contributed by atoms with Crippen LogP contribution in [-0.2, 0) is 12.8 Å². The Hall–Kier alpha value is -6.85. The van der Waals surface area contributed by atoms with Crippen LogP contribution in [0.15, 0.2) is 129 Å². The maximum absolute atomic E-state index is 13.5. The fraction of sp³-hybridized carbons (Fsp3) is 0.130. The number of alkyl halides is 9. The van der Waals surface area contributed by atoms with Gasteiger partial charge >= 0.3 is 23.2 Å². The van der Waals surface area contributed by atoms with Gasteiger partial charge in [0.15, 0.2) is 0 Å². The van der Waals surface area contributed by atoms with Crippen LogP contribution in [0.1, 0.15) is 27.8 Å². The third kappa shape index (κ3) is 8.80. The van der Waals surface area contributed by atoms with Gasteiger partial charge in [0, 0.05) is 16.2 Å². The summed E-state index contributed by atoms with van der Waals surface area (Å²) in [5.41, 5.74) is -4.43. The molecular weight excluding hydrogens is 860 g/mol. The fourth-order valence-electron chi connectivity index (χ4n) is 7.78. The summed E-state index contributed by atoms with van der Waals surface area (Å²) in [5, 5.41) is 21.4. The Labute approximate surface area is 356 Å². The van der Waals surface area contributed by atoms with E-state index in [1.807, 2.05) is 31.2 Å². The summed E-state index contributed by atoms with van der Waals surface area (Å²) in [4.78, 5) is 6.81. The first kappa shape index (κ1) is 43.2. The standard InChI is InChI=1S/C46H23F9N4OS2/c1-24-4-6-25(7-5-24)40-36(43(58-2)59-3)21-35-39(28-12-18-32(19-13-28)62-46(53,54)55)41-34(38(42(35)40)27-10-16-31(17-11-27)61-45(50,51)52)20-33(29(22-56)23-57)37(41)26-8-14-30(15-9-26)60-44(47,48)49/h4-19H,20-21H2,1H3. The third-order valence-electron chi connectivity index (χ3n) is 9.99. The number of aryl methyl sites for hydroxylation is 1. The second-order valence-corrected chi connectivity index (χ2v) is 16.0. The van der Waals surface area contributed by atoms with Crippen molar-refractivity contribution >= 4 is 34.7 Å². The molecule has 7 rings (SSSR count). The van der Waals surface area contributed by atoms with Gasteiger partial charge < -0.3 is 4.74 Å². The van der Waals surface area contributed by atoms with Gasteiger partial charge in [0.25, 0.3) is 0 Å². The molecule has 62 heavy (non-hydrogen) atoms. The molecule has 0 aliphatic heterocycles. The summed E-state index contributed by atoms with van der Waals surface area (Å²) in [5.74, 6) is -0.863. The molecule has 0 bridgehead atoms. The summed E-state index contributed by atoms with van der Waals surface area (Å²) in [6.45, 7) is 17.9. The highest BCUT2D eigenvalue weighted by Crippen LogP contribution is 2.45. The zero-order valence-electron chi connectivity index (χ0n) is 31.6. The molecule has 2 aliphatic carbocycles. The van der Waals surface area contributed by atoms with Crippen LogP contribution in [-0.4, -0.2) is 17.4 Å². The van der Waals surface area contributed by atoms with Gasteiger partial charge in [-0.05, 0) is 145 Å². The van der Waals surface area contributed by atoms with Crippen molar-refractivity contribution in [2.75, 3.05) is 0 Å². The number of allylic oxidation sites excluding steroid dienone is 3. The maximum Gasteiger partial charge on any atom is 0.573 e. The molecule has 5 aromatic rings. The smallest absolute Gasteiger partial charge is 0.406 e. The molecule has 308 valence electrons. The molecule has 0 atom stereocenters. The molecule has 5 nitrogen and oxygen atoms in total. The number of rotatable bonds is 7. The van der Waals surface area contributed by atoms with E-state index >= 15 is 0 Å². The van der Waals surface area contributed by atoms with Gasteiger partial charge in [-0.3, -0.25) is 0 Å². The molecular formula is C46H23F9N4OS2. The number of fused-ring (bicyclic) bond motifs is 2. The van der Waals surface area contributed by atoms with E-state index in [-0.39, 0.29) is 74.3 Å². The lowest BCUT2D eigenvalue weighted by atomic mass is 9.86. The molecule has 0 spiro atoms. The fourth-order valence-corrected chi connectivity index (χ4v) is 8.86. The van der Waals surface area contributed by atoms with Crippen LogP contribution in [0.2, 0.25) is 0 Å². The van der Waals surface area contributed by atoms with Crippen molar-refractivity contribution in [1.29, 1.82) is 10.5 Å². The lowest BCUT2D eigenvalue weighted by molar-refractivity contribution is -0.274. The van der Waals surface area contributed by atoms with Gasteiger partial charge in [-0.25, -0.2) is 0 Å². The molecule has 0 N–H and O–H groups in total. The van der Waals surface area contributed by atoms with E-state index in [4.69, 9.17) is 13.1 Å². The largest absolute Gasteiger partial charge is 0.573 e. The average molecular weight is 883 g/mol. The van der Waals surface area contributed by atoms with E-state index in [2.05, 4.69) is 14.4 Å². The van der Waals surface area contributed by atoms with Gasteiger partial charge in [-0.15, -0.1) is 13.2 Å². The summed E-state index contributed by atoms with van der Waals surface area (Å²) in [6.07, 6.45) is -5.30. The van der Waals surface area contributed by atoms with E-state index in [9.17, 15) is 50.0 Å². The number of hydrogen-bond donors (Lipinski definition) is 0. The molecule has 0 saturated carbocycles. The van der Waals surface area contributed by atoms with E-state index in [0.717, 1.165) is 17.7 Å². The Morgan fingerprint density at radius 1 is 0.581 bits per heavy atom. The van der Waals surface area contributed by atoms with E-state index in [0.29, 0.717) is 60.5 Å². The van der Waals surface area contributed by atoms with Crippen molar-refractivity contribution in [2.45, 2.75) is 46.9 Å². The van der Waals surface area contributed by atoms with Crippen molar-refractivity contribution < 1.29 is 44.3 Å². The highest BCUT2D eigenvalue weighted by Gasteiger charge is 2.38. The molecule has 0 saturated heterocycles. The second-order valence-electron chi connectivity index (χ2n) is 13.7. The number of hydrogen-bond acceptors (Lipinski definition) is 5. The lowest BCUT2D eigenvalue weighted by Gasteiger charge is -2.18. The van der Waals surface area contributed by atoms with E-state index in [1.165, 1.54) is 60.7 Å².